The van der Waals surface area contributed by atoms with Gasteiger partial charge in [0.1, 0.15) is 0 Å². The highest BCUT2D eigenvalue weighted by atomic mass is 19.4. The van der Waals surface area contributed by atoms with Crippen LogP contribution in [0.4, 0.5) is 13.2 Å². The number of aryl methyl sites for hydroxylation is 1. The monoisotopic (exact) mass is 314 g/mol. The highest BCUT2D eigenvalue weighted by Crippen LogP contribution is 2.22. The van der Waals surface area contributed by atoms with Crippen LogP contribution in [0.15, 0.2) is 24.3 Å². The predicted molar refractivity (Wildman–Crippen MR) is 82.8 cm³/mol. The molecule has 1 saturated heterocycles. The summed E-state index contributed by atoms with van der Waals surface area (Å²) in [5, 5.41) is 2.51. The van der Waals surface area contributed by atoms with Crippen LogP contribution in [0.3, 0.4) is 0 Å². The lowest BCUT2D eigenvalue weighted by Crippen LogP contribution is -2.41. The number of alkyl halides is 3. The van der Waals surface area contributed by atoms with Gasteiger partial charge in [-0.3, -0.25) is 4.90 Å². The number of piperidine rings is 1. The molecule has 1 aromatic rings. The van der Waals surface area contributed by atoms with E-state index in [1.165, 1.54) is 24.0 Å². The second kappa shape index (κ2) is 7.97. The summed E-state index contributed by atoms with van der Waals surface area (Å²) in [6.45, 7) is 3.55. The molecular weight excluding hydrogens is 289 g/mol. The molecule has 5 heteroatoms. The second-order valence-electron chi connectivity index (χ2n) is 6.19. The summed E-state index contributed by atoms with van der Waals surface area (Å²) in [6.07, 6.45) is 0.0990. The molecule has 0 aromatic heterocycles. The number of nitrogens with zero attached hydrogens (tertiary/aromatic N) is 1. The number of rotatable bonds is 6. The predicted octanol–water partition coefficient (Wildman–Crippen LogP) is 3.89. The Kier molecular flexibility index (Phi) is 6.26. The van der Waals surface area contributed by atoms with Crippen molar-refractivity contribution in [2.45, 2.75) is 51.4 Å². The summed E-state index contributed by atoms with van der Waals surface area (Å²) in [7, 11) is 0. The summed E-state index contributed by atoms with van der Waals surface area (Å²) < 4.78 is 36.5. The zero-order chi connectivity index (χ0) is 16.0. The van der Waals surface area contributed by atoms with Crippen LogP contribution in [0.5, 0.6) is 0 Å². The number of halogens is 3. The first-order chi connectivity index (χ1) is 10.4. The molecule has 22 heavy (non-hydrogen) atoms. The number of benzene rings is 1. The Labute approximate surface area is 130 Å². The van der Waals surface area contributed by atoms with E-state index < -0.39 is 12.7 Å². The molecule has 0 spiro atoms. The zero-order valence-electron chi connectivity index (χ0n) is 13.1. The molecule has 1 aliphatic heterocycles. The summed E-state index contributed by atoms with van der Waals surface area (Å²) in [6, 6.07) is 8.84. The van der Waals surface area contributed by atoms with E-state index in [1.54, 1.807) is 0 Å². The molecule has 1 aliphatic rings. The smallest absolute Gasteiger partial charge is 0.309 e. The minimum absolute atomic E-state index is 0.384. The van der Waals surface area contributed by atoms with Gasteiger partial charge in [-0.1, -0.05) is 36.2 Å². The Balaban J connectivity index is 1.83. The van der Waals surface area contributed by atoms with Gasteiger partial charge < -0.3 is 5.32 Å². The van der Waals surface area contributed by atoms with Crippen LogP contribution in [-0.2, 0) is 6.54 Å². The Hall–Kier alpha value is -1.07. The molecule has 2 nitrogen and oxygen atoms in total. The van der Waals surface area contributed by atoms with Crippen molar-refractivity contribution in [3.63, 3.8) is 0 Å². The molecule has 0 bridgehead atoms. The van der Waals surface area contributed by atoms with E-state index in [2.05, 4.69) is 41.4 Å². The Bertz CT molecular complexity index is 459. The highest BCUT2D eigenvalue weighted by Gasteiger charge is 2.27. The molecule has 124 valence electrons. The van der Waals surface area contributed by atoms with E-state index in [0.717, 1.165) is 25.9 Å². The zero-order valence-corrected chi connectivity index (χ0v) is 13.1. The van der Waals surface area contributed by atoms with Gasteiger partial charge in [0.05, 0.1) is 6.54 Å². The van der Waals surface area contributed by atoms with Gasteiger partial charge in [0.15, 0.2) is 0 Å². The van der Waals surface area contributed by atoms with Crippen LogP contribution >= 0.6 is 0 Å². The van der Waals surface area contributed by atoms with Crippen LogP contribution in [0, 0.1) is 6.92 Å². The van der Waals surface area contributed by atoms with Gasteiger partial charge in [-0.2, -0.15) is 13.2 Å². The first-order valence-electron chi connectivity index (χ1n) is 8.01. The van der Waals surface area contributed by atoms with Gasteiger partial charge in [-0.05, 0) is 44.8 Å². The van der Waals surface area contributed by atoms with Gasteiger partial charge >= 0.3 is 6.18 Å². The summed E-state index contributed by atoms with van der Waals surface area (Å²) in [4.78, 5) is 2.42. The van der Waals surface area contributed by atoms with Gasteiger partial charge in [0, 0.05) is 12.6 Å². The van der Waals surface area contributed by atoms with E-state index in [4.69, 9.17) is 0 Å². The van der Waals surface area contributed by atoms with E-state index in [0.29, 0.717) is 12.6 Å². The lowest BCUT2D eigenvalue weighted by atomic mass is 9.98. The minimum Gasteiger partial charge on any atom is -0.309 e. The van der Waals surface area contributed by atoms with E-state index in [-0.39, 0.29) is 0 Å². The molecule has 1 unspecified atom stereocenters. The van der Waals surface area contributed by atoms with Crippen molar-refractivity contribution in [3.8, 4) is 0 Å². The maximum atomic E-state index is 12.2. The molecule has 0 aliphatic carbocycles. The number of nitrogens with one attached hydrogen (secondary N) is 1. The fraction of sp³-hybridized carbons (Fsp3) is 0.647. The molecule has 0 saturated carbocycles. The third-order valence-corrected chi connectivity index (χ3v) is 4.20. The molecule has 2 rings (SSSR count). The molecule has 1 N–H and O–H groups in total. The van der Waals surface area contributed by atoms with E-state index in [9.17, 15) is 13.2 Å². The fourth-order valence-electron chi connectivity index (χ4n) is 3.14. The lowest BCUT2D eigenvalue weighted by molar-refractivity contribution is -0.124. The molecule has 1 atom stereocenters. The largest absolute Gasteiger partial charge is 0.401 e. The molecule has 1 fully saturated rings. The van der Waals surface area contributed by atoms with E-state index >= 15 is 0 Å². The number of hydrogen-bond acceptors (Lipinski definition) is 2. The van der Waals surface area contributed by atoms with Crippen LogP contribution in [-0.4, -0.2) is 36.8 Å². The third-order valence-electron chi connectivity index (χ3n) is 4.20. The van der Waals surface area contributed by atoms with Crippen molar-refractivity contribution < 1.29 is 13.2 Å². The van der Waals surface area contributed by atoms with Gasteiger partial charge in [-0.15, -0.1) is 0 Å². The summed E-state index contributed by atoms with van der Waals surface area (Å²) in [5.74, 6) is 0. The number of likely N-dealkylation sites (tertiary alicyclic amines) is 1. The van der Waals surface area contributed by atoms with Crippen LogP contribution < -0.4 is 5.32 Å². The molecule has 0 amide bonds. The van der Waals surface area contributed by atoms with Gasteiger partial charge in [0.25, 0.3) is 0 Å². The highest BCUT2D eigenvalue weighted by molar-refractivity contribution is 5.22. The van der Waals surface area contributed by atoms with Crippen molar-refractivity contribution in [3.05, 3.63) is 35.4 Å². The summed E-state index contributed by atoms with van der Waals surface area (Å²) >= 11 is 0. The maximum absolute atomic E-state index is 12.2. The molecule has 1 aromatic carbocycles. The Morgan fingerprint density at radius 3 is 2.82 bits per heavy atom. The SMILES string of the molecule is Cc1cccc(CN2CCCCC2CCNCC(F)(F)F)c1. The summed E-state index contributed by atoms with van der Waals surface area (Å²) in [5.41, 5.74) is 2.54. The lowest BCUT2D eigenvalue weighted by Gasteiger charge is -2.36. The van der Waals surface area contributed by atoms with E-state index in [1.807, 2.05) is 0 Å². The molecule has 0 radical (unpaired) electrons. The second-order valence-corrected chi connectivity index (χ2v) is 6.19. The standard InChI is InChI=1S/C17H25F3N2/c1-14-5-4-6-15(11-14)12-22-10-3-2-7-16(22)8-9-21-13-17(18,19)20/h4-6,11,16,21H,2-3,7-10,12-13H2,1H3. The van der Waals surface area contributed by atoms with Crippen LogP contribution in [0.2, 0.25) is 0 Å². The topological polar surface area (TPSA) is 15.3 Å². The van der Waals surface area contributed by atoms with Gasteiger partial charge in [0.2, 0.25) is 0 Å². The first kappa shape index (κ1) is 17.3. The van der Waals surface area contributed by atoms with Crippen molar-refractivity contribution in [1.82, 2.24) is 10.2 Å². The minimum atomic E-state index is -4.12. The average molecular weight is 314 g/mol. The van der Waals surface area contributed by atoms with Crippen molar-refractivity contribution in [2.24, 2.45) is 0 Å². The maximum Gasteiger partial charge on any atom is 0.401 e. The van der Waals surface area contributed by atoms with Crippen LogP contribution in [0.25, 0.3) is 0 Å². The quantitative estimate of drug-likeness (QED) is 0.801. The average Bonchev–Trinajstić information content (AvgIpc) is 2.44. The first-order valence-corrected chi connectivity index (χ1v) is 8.01. The normalized spacial score (nSPS) is 20.3. The Morgan fingerprint density at radius 2 is 2.09 bits per heavy atom. The van der Waals surface area contributed by atoms with Crippen molar-refractivity contribution >= 4 is 0 Å². The third kappa shape index (κ3) is 5.97. The number of hydrogen-bond donors (Lipinski definition) is 1. The van der Waals surface area contributed by atoms with Gasteiger partial charge in [-0.25, -0.2) is 0 Å². The molecular formula is C17H25F3N2. The van der Waals surface area contributed by atoms with Crippen LogP contribution in [0.1, 0.15) is 36.8 Å². The molecule has 1 heterocycles. The fourth-order valence-corrected chi connectivity index (χ4v) is 3.14. The van der Waals surface area contributed by atoms with Crippen molar-refractivity contribution in [2.75, 3.05) is 19.6 Å². The Morgan fingerprint density at radius 1 is 1.27 bits per heavy atom. The van der Waals surface area contributed by atoms with Crippen molar-refractivity contribution in [1.29, 1.82) is 0 Å².